The van der Waals surface area contributed by atoms with E-state index in [-0.39, 0.29) is 5.41 Å². The Labute approximate surface area is 140 Å². The molecule has 1 rings (SSSR count). The van der Waals surface area contributed by atoms with Crippen LogP contribution in [0.25, 0.3) is 0 Å². The zero-order chi connectivity index (χ0) is 17.3. The van der Waals surface area contributed by atoms with Crippen molar-refractivity contribution in [2.24, 2.45) is 0 Å². The molecule has 126 valence electrons. The Morgan fingerprint density at radius 3 is 1.59 bits per heavy atom. The summed E-state index contributed by atoms with van der Waals surface area (Å²) in [6.07, 6.45) is 0. The van der Waals surface area contributed by atoms with Gasteiger partial charge in [-0.05, 0) is 21.4 Å². The van der Waals surface area contributed by atoms with Gasteiger partial charge in [0.15, 0.2) is 0 Å². The maximum atomic E-state index is 11.1. The van der Waals surface area contributed by atoms with E-state index >= 15 is 0 Å². The lowest BCUT2D eigenvalue weighted by Gasteiger charge is -2.34. The smallest absolute Gasteiger partial charge is 0.114 e. The van der Waals surface area contributed by atoms with E-state index < -0.39 is 16.1 Å². The van der Waals surface area contributed by atoms with Crippen LogP contribution >= 0.6 is 0 Å². The van der Waals surface area contributed by atoms with Crippen molar-refractivity contribution in [3.05, 3.63) is 17.7 Å². The van der Waals surface area contributed by atoms with Crippen LogP contribution in [0.3, 0.4) is 0 Å². The molecule has 0 spiro atoms. The lowest BCUT2D eigenvalue weighted by Crippen LogP contribution is -2.50. The molecule has 22 heavy (non-hydrogen) atoms. The molecule has 0 aromatic heterocycles. The van der Waals surface area contributed by atoms with Gasteiger partial charge >= 0.3 is 0 Å². The average Bonchev–Trinajstić information content (AvgIpc) is 2.40. The van der Waals surface area contributed by atoms with Crippen LogP contribution in [0.5, 0.6) is 5.75 Å². The molecule has 0 saturated carbocycles. The van der Waals surface area contributed by atoms with Gasteiger partial charge in [-0.25, -0.2) is 0 Å². The monoisotopic (exact) mass is 336 g/mol. The molecule has 3 heteroatoms. The van der Waals surface area contributed by atoms with E-state index in [1.165, 1.54) is 34.1 Å². The molecule has 1 aromatic rings. The lowest BCUT2D eigenvalue weighted by molar-refractivity contribution is 0.482. The van der Waals surface area contributed by atoms with Crippen LogP contribution in [0.4, 0.5) is 0 Å². The summed E-state index contributed by atoms with van der Waals surface area (Å²) >= 11 is 0. The van der Waals surface area contributed by atoms with Crippen molar-refractivity contribution in [3.8, 4) is 5.75 Å². The summed E-state index contributed by atoms with van der Waals surface area (Å²) in [6, 6.07) is 8.29. The fourth-order valence-electron chi connectivity index (χ4n) is 3.36. The number of benzene rings is 1. The summed E-state index contributed by atoms with van der Waals surface area (Å²) in [4.78, 5) is 0. The molecule has 1 N–H and O–H groups in total. The number of phenolic OH excluding ortho intramolecular Hbond substituents is 1. The van der Waals surface area contributed by atoms with Gasteiger partial charge in [0.1, 0.15) is 5.75 Å². The van der Waals surface area contributed by atoms with Crippen LogP contribution in [0.1, 0.15) is 47.1 Å². The second-order valence-corrected chi connectivity index (χ2v) is 19.0. The van der Waals surface area contributed by atoms with Gasteiger partial charge in [0, 0.05) is 0 Å². The molecule has 1 nitrogen and oxygen atoms in total. The Balaban J connectivity index is 3.78. The summed E-state index contributed by atoms with van der Waals surface area (Å²) in [6.45, 7) is 20.8. The van der Waals surface area contributed by atoms with Crippen molar-refractivity contribution in [2.45, 2.75) is 84.7 Å². The predicted molar refractivity (Wildman–Crippen MR) is 107 cm³/mol. The molecule has 0 radical (unpaired) electrons. The lowest BCUT2D eigenvalue weighted by atomic mass is 9.87. The van der Waals surface area contributed by atoms with Gasteiger partial charge in [-0.15, -0.1) is 0 Å². The van der Waals surface area contributed by atoms with Crippen molar-refractivity contribution in [1.82, 2.24) is 0 Å². The number of hydrogen-bond acceptors (Lipinski definition) is 1. The molecule has 0 amide bonds. The molecular formula is C19H36OSi2. The van der Waals surface area contributed by atoms with Gasteiger partial charge in [-0.3, -0.25) is 0 Å². The van der Waals surface area contributed by atoms with Crippen LogP contribution in [-0.2, 0) is 5.41 Å². The fraction of sp³-hybridized carbons (Fsp3) is 0.684. The third kappa shape index (κ3) is 3.68. The molecule has 0 atom stereocenters. The topological polar surface area (TPSA) is 20.2 Å². The Morgan fingerprint density at radius 2 is 1.27 bits per heavy atom. The van der Waals surface area contributed by atoms with E-state index in [9.17, 15) is 5.11 Å². The minimum absolute atomic E-state index is 0.131. The minimum Gasteiger partial charge on any atom is -0.508 e. The molecule has 0 bridgehead atoms. The Kier molecular flexibility index (Phi) is 5.78. The normalized spacial score (nSPS) is 13.5. The van der Waals surface area contributed by atoms with Gasteiger partial charge in [0.2, 0.25) is 0 Å². The number of phenols is 1. The molecule has 0 fully saturated rings. The van der Waals surface area contributed by atoms with Crippen molar-refractivity contribution < 1.29 is 5.11 Å². The van der Waals surface area contributed by atoms with E-state index in [0.717, 1.165) is 0 Å². The summed E-state index contributed by atoms with van der Waals surface area (Å²) in [7, 11) is -3.15. The van der Waals surface area contributed by atoms with Crippen LogP contribution in [0.2, 0.25) is 37.8 Å². The SMILES string of the molecule is CC[Si](CC)(CC)c1cc(C(C)(C)C)cc([Si](C)(C)C)c1O. The summed E-state index contributed by atoms with van der Waals surface area (Å²) < 4.78 is 0. The van der Waals surface area contributed by atoms with Crippen molar-refractivity contribution in [1.29, 1.82) is 0 Å². The van der Waals surface area contributed by atoms with E-state index in [1.807, 2.05) is 0 Å². The molecular weight excluding hydrogens is 300 g/mol. The molecule has 0 unspecified atom stereocenters. The molecule has 0 heterocycles. The van der Waals surface area contributed by atoms with Crippen molar-refractivity contribution in [3.63, 3.8) is 0 Å². The average molecular weight is 337 g/mol. The number of rotatable bonds is 5. The third-order valence-corrected chi connectivity index (χ3v) is 13.0. The summed E-state index contributed by atoms with van der Waals surface area (Å²) in [5.74, 6) is 0.643. The first-order valence-corrected chi connectivity index (χ1v) is 14.9. The minimum atomic E-state index is -1.59. The van der Waals surface area contributed by atoms with Crippen LogP contribution in [0.15, 0.2) is 12.1 Å². The largest absolute Gasteiger partial charge is 0.508 e. The van der Waals surface area contributed by atoms with Crippen LogP contribution in [-0.4, -0.2) is 21.3 Å². The van der Waals surface area contributed by atoms with E-state index in [2.05, 4.69) is 73.3 Å². The second kappa shape index (κ2) is 6.52. The van der Waals surface area contributed by atoms with Crippen LogP contribution < -0.4 is 10.4 Å². The van der Waals surface area contributed by atoms with Gasteiger partial charge in [-0.2, -0.15) is 0 Å². The Bertz CT molecular complexity index is 509. The Hall–Kier alpha value is -0.546. The van der Waals surface area contributed by atoms with E-state index in [1.54, 1.807) is 0 Å². The van der Waals surface area contributed by atoms with Gasteiger partial charge in [0.25, 0.3) is 0 Å². The zero-order valence-corrected chi connectivity index (χ0v) is 18.2. The first-order valence-electron chi connectivity index (χ1n) is 8.81. The highest BCUT2D eigenvalue weighted by atomic mass is 28.3. The highest BCUT2D eigenvalue weighted by Crippen LogP contribution is 2.29. The highest BCUT2D eigenvalue weighted by molar-refractivity contribution is 6.94. The van der Waals surface area contributed by atoms with Gasteiger partial charge < -0.3 is 5.11 Å². The van der Waals surface area contributed by atoms with Gasteiger partial charge in [-0.1, -0.05) is 91.4 Å². The molecule has 1 aromatic carbocycles. The van der Waals surface area contributed by atoms with Gasteiger partial charge in [0.05, 0.1) is 16.1 Å². The number of hydrogen-bond donors (Lipinski definition) is 1. The van der Waals surface area contributed by atoms with E-state index in [4.69, 9.17) is 0 Å². The predicted octanol–water partition coefficient (Wildman–Crippen LogP) is 4.95. The maximum absolute atomic E-state index is 11.1. The first-order chi connectivity index (χ1) is 9.93. The number of aromatic hydroxyl groups is 1. The maximum Gasteiger partial charge on any atom is 0.114 e. The molecule has 0 aliphatic heterocycles. The Morgan fingerprint density at radius 1 is 0.864 bits per heavy atom. The van der Waals surface area contributed by atoms with Crippen molar-refractivity contribution in [2.75, 3.05) is 0 Å². The van der Waals surface area contributed by atoms with Crippen LogP contribution in [0, 0.1) is 0 Å². The first kappa shape index (κ1) is 19.5. The standard InChI is InChI=1S/C19H36OSi2/c1-10-22(11-2,12-3)17-14-15(19(4,5)6)13-16(18(17)20)21(7,8)9/h13-14,20H,10-12H2,1-9H3. The van der Waals surface area contributed by atoms with E-state index in [0.29, 0.717) is 5.75 Å². The summed E-state index contributed by atoms with van der Waals surface area (Å²) in [5, 5.41) is 13.7. The quantitative estimate of drug-likeness (QED) is 0.754. The highest BCUT2D eigenvalue weighted by Gasteiger charge is 2.36. The molecule has 0 saturated heterocycles. The fourth-order valence-corrected chi connectivity index (χ4v) is 8.66. The zero-order valence-electron chi connectivity index (χ0n) is 16.2. The molecule has 0 aliphatic carbocycles. The van der Waals surface area contributed by atoms with Crippen molar-refractivity contribution >= 4 is 26.5 Å². The molecule has 0 aliphatic rings. The second-order valence-electron chi connectivity index (χ2n) is 8.76. The third-order valence-electron chi connectivity index (χ3n) is 5.39. The summed E-state index contributed by atoms with van der Waals surface area (Å²) in [5.41, 5.74) is 1.52.